The largest absolute Gasteiger partial charge is 0.508 e. The number of fused-ring (bicyclic) bond motifs is 1. The highest BCUT2D eigenvalue weighted by molar-refractivity contribution is 6.20. The number of anilines is 1. The lowest BCUT2D eigenvalue weighted by atomic mass is 9.94. The van der Waals surface area contributed by atoms with Gasteiger partial charge in [0.25, 0.3) is 5.91 Å². The number of carbonyl (C=O) groups excluding carboxylic acids is 2. The van der Waals surface area contributed by atoms with Crippen molar-refractivity contribution in [3.63, 3.8) is 0 Å². The first-order valence-corrected chi connectivity index (χ1v) is 10.9. The number of hydrogen-bond donors (Lipinski definition) is 2. The molecule has 0 fully saturated rings. The second-order valence-electron chi connectivity index (χ2n) is 8.30. The highest BCUT2D eigenvalue weighted by Gasteiger charge is 2.45. The maximum atomic E-state index is 13.7. The molecule has 37 heavy (non-hydrogen) atoms. The standard InChI is InChI=1S/C27H18F3NO6/c1-36-19-7-3-5-15-13-20(37-25(15)19)23(33)21-22(14-4-2-6-18(32)12-14)31(26(35)24(21)34)17-10-8-16(9-11-17)27(28,29)30/h2-13,22,32,34H,1H3. The molecule has 188 valence electrons. The number of alkyl halides is 3. The molecule has 0 saturated carbocycles. The number of hydrogen-bond acceptors (Lipinski definition) is 6. The van der Waals surface area contributed by atoms with Crippen molar-refractivity contribution in [2.45, 2.75) is 12.2 Å². The minimum absolute atomic E-state index is 0.00645. The summed E-state index contributed by atoms with van der Waals surface area (Å²) in [6.45, 7) is 0. The molecule has 1 aliphatic heterocycles. The fourth-order valence-electron chi connectivity index (χ4n) is 4.37. The maximum Gasteiger partial charge on any atom is 0.416 e. The van der Waals surface area contributed by atoms with Crippen molar-refractivity contribution in [1.82, 2.24) is 0 Å². The number of nitrogens with zero attached hydrogens (tertiary/aromatic N) is 1. The fraction of sp³-hybridized carbons (Fsp3) is 0.111. The van der Waals surface area contributed by atoms with Crippen molar-refractivity contribution in [3.05, 3.63) is 101 Å². The van der Waals surface area contributed by atoms with Crippen LogP contribution in [0.3, 0.4) is 0 Å². The number of aromatic hydroxyl groups is 1. The molecule has 1 aliphatic rings. The Bertz CT molecular complexity index is 1570. The molecule has 4 aromatic rings. The highest BCUT2D eigenvalue weighted by Crippen LogP contribution is 2.44. The lowest BCUT2D eigenvalue weighted by Gasteiger charge is -2.27. The molecule has 1 aromatic heterocycles. The number of carbonyl (C=O) groups is 2. The monoisotopic (exact) mass is 509 g/mol. The normalized spacial score (nSPS) is 16.1. The van der Waals surface area contributed by atoms with Crippen molar-refractivity contribution in [2.75, 3.05) is 12.0 Å². The summed E-state index contributed by atoms with van der Waals surface area (Å²) >= 11 is 0. The van der Waals surface area contributed by atoms with Crippen molar-refractivity contribution in [2.24, 2.45) is 0 Å². The van der Waals surface area contributed by atoms with E-state index in [2.05, 4.69) is 0 Å². The summed E-state index contributed by atoms with van der Waals surface area (Å²) in [4.78, 5) is 27.9. The van der Waals surface area contributed by atoms with Gasteiger partial charge in [-0.25, -0.2) is 0 Å². The average Bonchev–Trinajstić information content (AvgIpc) is 3.42. The number of furan rings is 1. The summed E-state index contributed by atoms with van der Waals surface area (Å²) in [5.41, 5.74) is -0.748. The van der Waals surface area contributed by atoms with Gasteiger partial charge in [-0.15, -0.1) is 0 Å². The minimum Gasteiger partial charge on any atom is -0.508 e. The Kier molecular flexibility index (Phi) is 5.66. The van der Waals surface area contributed by atoms with Crippen LogP contribution in [0.4, 0.5) is 18.9 Å². The van der Waals surface area contributed by atoms with Gasteiger partial charge < -0.3 is 19.4 Å². The Balaban J connectivity index is 1.64. The average molecular weight is 509 g/mol. The first-order chi connectivity index (χ1) is 17.6. The number of Topliss-reactive ketones (excluding diaryl/α,β-unsaturated/α-hetero) is 1. The molecule has 0 aliphatic carbocycles. The van der Waals surface area contributed by atoms with Crippen LogP contribution in [-0.2, 0) is 11.0 Å². The van der Waals surface area contributed by atoms with Crippen LogP contribution in [0.25, 0.3) is 11.0 Å². The van der Waals surface area contributed by atoms with Gasteiger partial charge in [0, 0.05) is 11.1 Å². The van der Waals surface area contributed by atoms with Crippen LogP contribution in [0.15, 0.2) is 88.5 Å². The summed E-state index contributed by atoms with van der Waals surface area (Å²) in [6.07, 6.45) is -4.60. The number of aliphatic hydroxyl groups is 1. The number of aliphatic hydroxyl groups excluding tert-OH is 1. The van der Waals surface area contributed by atoms with Gasteiger partial charge in [-0.3, -0.25) is 14.5 Å². The molecule has 5 rings (SSSR count). The summed E-state index contributed by atoms with van der Waals surface area (Å²) in [5.74, 6) is -2.69. The number of methoxy groups -OCH3 is 1. The van der Waals surface area contributed by atoms with Gasteiger partial charge >= 0.3 is 6.18 Å². The molecule has 3 aromatic carbocycles. The van der Waals surface area contributed by atoms with Gasteiger partial charge in [-0.1, -0.05) is 24.3 Å². The summed E-state index contributed by atoms with van der Waals surface area (Å²) in [5, 5.41) is 21.4. The second kappa shape index (κ2) is 8.74. The van der Waals surface area contributed by atoms with Crippen LogP contribution in [0.2, 0.25) is 0 Å². The van der Waals surface area contributed by atoms with E-state index in [-0.39, 0.29) is 33.9 Å². The molecule has 2 heterocycles. The van der Waals surface area contributed by atoms with E-state index in [0.717, 1.165) is 29.2 Å². The molecular formula is C27H18F3NO6. The summed E-state index contributed by atoms with van der Waals surface area (Å²) in [7, 11) is 1.43. The number of amides is 1. The number of phenolic OH excluding ortho intramolecular Hbond substituents is 1. The van der Waals surface area contributed by atoms with Crippen LogP contribution in [-0.4, -0.2) is 29.0 Å². The zero-order valence-electron chi connectivity index (χ0n) is 19.1. The van der Waals surface area contributed by atoms with E-state index in [1.165, 1.54) is 37.4 Å². The predicted molar refractivity (Wildman–Crippen MR) is 127 cm³/mol. The predicted octanol–water partition coefficient (Wildman–Crippen LogP) is 5.95. The maximum absolute atomic E-state index is 13.7. The zero-order chi connectivity index (χ0) is 26.5. The van der Waals surface area contributed by atoms with Crippen LogP contribution in [0.5, 0.6) is 11.5 Å². The van der Waals surface area contributed by atoms with E-state index in [0.29, 0.717) is 11.1 Å². The van der Waals surface area contributed by atoms with Gasteiger partial charge in [0.2, 0.25) is 5.78 Å². The topological polar surface area (TPSA) is 100 Å². The van der Waals surface area contributed by atoms with Crippen molar-refractivity contribution in [1.29, 1.82) is 0 Å². The van der Waals surface area contributed by atoms with Gasteiger partial charge in [0.15, 0.2) is 22.9 Å². The summed E-state index contributed by atoms with van der Waals surface area (Å²) < 4.78 is 50.3. The molecule has 0 radical (unpaired) electrons. The number of ketones is 1. The number of benzene rings is 3. The summed E-state index contributed by atoms with van der Waals surface area (Å²) in [6, 6.07) is 14.6. The number of ether oxygens (including phenoxy) is 1. The third-order valence-electron chi connectivity index (χ3n) is 6.06. The van der Waals surface area contributed by atoms with E-state index >= 15 is 0 Å². The van der Waals surface area contributed by atoms with Crippen LogP contribution < -0.4 is 9.64 Å². The molecule has 1 amide bonds. The molecular weight excluding hydrogens is 491 g/mol. The number of phenols is 1. The molecule has 10 heteroatoms. The minimum atomic E-state index is -4.60. The Morgan fingerprint density at radius 2 is 1.70 bits per heavy atom. The molecule has 2 N–H and O–H groups in total. The quantitative estimate of drug-likeness (QED) is 0.323. The highest BCUT2D eigenvalue weighted by atomic mass is 19.4. The smallest absolute Gasteiger partial charge is 0.416 e. The SMILES string of the molecule is COc1cccc2cc(C(=O)C3=C(O)C(=O)N(c4ccc(C(F)(F)F)cc4)C3c3cccc(O)c3)oc12. The molecule has 1 atom stereocenters. The second-order valence-corrected chi connectivity index (χ2v) is 8.30. The first kappa shape index (κ1) is 24.0. The molecule has 1 unspecified atom stereocenters. The van der Waals surface area contributed by atoms with Crippen molar-refractivity contribution < 1.29 is 42.1 Å². The van der Waals surface area contributed by atoms with E-state index in [4.69, 9.17) is 9.15 Å². The number of rotatable bonds is 5. The molecule has 0 bridgehead atoms. The van der Waals surface area contributed by atoms with Gasteiger partial charge in [0.1, 0.15) is 5.75 Å². The zero-order valence-corrected chi connectivity index (χ0v) is 19.1. The fourth-order valence-corrected chi connectivity index (χ4v) is 4.37. The Morgan fingerprint density at radius 3 is 2.35 bits per heavy atom. The van der Waals surface area contributed by atoms with Crippen molar-refractivity contribution in [3.8, 4) is 11.5 Å². The van der Waals surface area contributed by atoms with Crippen LogP contribution in [0.1, 0.15) is 27.7 Å². The third kappa shape index (κ3) is 4.06. The van der Waals surface area contributed by atoms with Crippen LogP contribution in [0, 0.1) is 0 Å². The van der Waals surface area contributed by atoms with Crippen molar-refractivity contribution >= 4 is 28.3 Å². The Hall–Kier alpha value is -4.73. The van der Waals surface area contributed by atoms with Gasteiger partial charge in [0.05, 0.1) is 24.3 Å². The molecule has 0 spiro atoms. The molecule has 7 nitrogen and oxygen atoms in total. The first-order valence-electron chi connectivity index (χ1n) is 10.9. The van der Waals surface area contributed by atoms with Gasteiger partial charge in [-0.2, -0.15) is 13.2 Å². The molecule has 0 saturated heterocycles. The van der Waals surface area contributed by atoms with Crippen LogP contribution >= 0.6 is 0 Å². The third-order valence-corrected chi connectivity index (χ3v) is 6.06. The van der Waals surface area contributed by atoms with E-state index in [9.17, 15) is 33.0 Å². The Morgan fingerprint density at radius 1 is 1.00 bits per heavy atom. The number of para-hydroxylation sites is 1. The van der Waals surface area contributed by atoms with E-state index in [1.54, 1.807) is 18.2 Å². The Labute approximate surface area is 207 Å². The lowest BCUT2D eigenvalue weighted by Crippen LogP contribution is -2.31. The number of halogens is 3. The van der Waals surface area contributed by atoms with Gasteiger partial charge in [-0.05, 0) is 54.1 Å². The lowest BCUT2D eigenvalue weighted by molar-refractivity contribution is -0.137. The van der Waals surface area contributed by atoms with E-state index < -0.39 is 35.2 Å². The van der Waals surface area contributed by atoms with E-state index in [1.807, 2.05) is 0 Å².